The zero-order valence-electron chi connectivity index (χ0n) is 8.40. The zero-order valence-corrected chi connectivity index (χ0v) is 8.40. The molecule has 0 aliphatic carbocycles. The summed E-state index contributed by atoms with van der Waals surface area (Å²) in [5, 5.41) is 8.65. The van der Waals surface area contributed by atoms with E-state index in [0.29, 0.717) is 11.1 Å². The number of benzene rings is 1. The van der Waals surface area contributed by atoms with Crippen LogP contribution in [0.4, 0.5) is 4.39 Å². The number of rotatable bonds is 2. The summed E-state index contributed by atoms with van der Waals surface area (Å²) in [6.45, 7) is 1.64. The van der Waals surface area contributed by atoms with E-state index < -0.39 is 5.97 Å². The molecular formula is C11H8FNO3. The summed E-state index contributed by atoms with van der Waals surface area (Å²) in [6, 6.07) is 4.46. The van der Waals surface area contributed by atoms with Gasteiger partial charge in [0.1, 0.15) is 12.1 Å². The Hall–Kier alpha value is -2.17. The fourth-order valence-corrected chi connectivity index (χ4v) is 1.23. The van der Waals surface area contributed by atoms with Gasteiger partial charge in [0.15, 0.2) is 5.69 Å². The van der Waals surface area contributed by atoms with Crippen molar-refractivity contribution in [1.29, 1.82) is 0 Å². The molecule has 5 heteroatoms. The highest BCUT2D eigenvalue weighted by atomic mass is 19.1. The molecule has 0 unspecified atom stereocenters. The van der Waals surface area contributed by atoms with Crippen molar-refractivity contribution in [3.8, 4) is 11.5 Å². The van der Waals surface area contributed by atoms with Gasteiger partial charge in [-0.2, -0.15) is 0 Å². The molecule has 0 spiro atoms. The van der Waals surface area contributed by atoms with E-state index in [1.807, 2.05) is 0 Å². The van der Waals surface area contributed by atoms with Crippen molar-refractivity contribution in [1.82, 2.24) is 4.98 Å². The van der Waals surface area contributed by atoms with Crippen LogP contribution < -0.4 is 0 Å². The smallest absolute Gasteiger partial charge is 0.357 e. The number of aromatic carboxylic acids is 1. The lowest BCUT2D eigenvalue weighted by molar-refractivity contribution is 0.0690. The molecule has 0 aliphatic rings. The second-order valence-corrected chi connectivity index (χ2v) is 3.31. The van der Waals surface area contributed by atoms with Gasteiger partial charge in [0.05, 0.1) is 0 Å². The molecule has 2 aromatic rings. The molecule has 0 saturated carbocycles. The van der Waals surface area contributed by atoms with Crippen molar-refractivity contribution in [2.75, 3.05) is 0 Å². The molecular weight excluding hydrogens is 213 g/mol. The van der Waals surface area contributed by atoms with E-state index in [4.69, 9.17) is 9.52 Å². The van der Waals surface area contributed by atoms with E-state index in [1.54, 1.807) is 19.1 Å². The molecule has 0 aliphatic heterocycles. The number of carboxylic acid groups (broad SMARTS) is 1. The van der Waals surface area contributed by atoms with Gasteiger partial charge in [-0.25, -0.2) is 14.2 Å². The summed E-state index contributed by atoms with van der Waals surface area (Å²) >= 11 is 0. The first-order valence-electron chi connectivity index (χ1n) is 4.53. The van der Waals surface area contributed by atoms with Gasteiger partial charge in [0.2, 0.25) is 5.89 Å². The number of carbonyl (C=O) groups is 1. The van der Waals surface area contributed by atoms with Crippen LogP contribution in [0.2, 0.25) is 0 Å². The summed E-state index contributed by atoms with van der Waals surface area (Å²) in [6.07, 6.45) is 1.02. The summed E-state index contributed by atoms with van der Waals surface area (Å²) in [5.41, 5.74) is 0.723. The van der Waals surface area contributed by atoms with Crippen molar-refractivity contribution in [2.45, 2.75) is 6.92 Å². The Morgan fingerprint density at radius 3 is 2.81 bits per heavy atom. The van der Waals surface area contributed by atoms with Crippen molar-refractivity contribution in [3.63, 3.8) is 0 Å². The molecule has 16 heavy (non-hydrogen) atoms. The highest BCUT2D eigenvalue weighted by molar-refractivity contribution is 5.85. The number of nitrogens with zero attached hydrogens (tertiary/aromatic N) is 1. The first-order chi connectivity index (χ1) is 7.58. The zero-order chi connectivity index (χ0) is 11.7. The number of hydrogen-bond acceptors (Lipinski definition) is 3. The van der Waals surface area contributed by atoms with Crippen LogP contribution in [0.3, 0.4) is 0 Å². The largest absolute Gasteiger partial charge is 0.476 e. The molecule has 0 fully saturated rings. The Balaban J connectivity index is 2.42. The first kappa shape index (κ1) is 10.4. The van der Waals surface area contributed by atoms with Gasteiger partial charge in [-0.1, -0.05) is 6.07 Å². The quantitative estimate of drug-likeness (QED) is 0.846. The molecule has 0 radical (unpaired) electrons. The van der Waals surface area contributed by atoms with Crippen LogP contribution in [0.25, 0.3) is 11.5 Å². The van der Waals surface area contributed by atoms with Crippen LogP contribution in [-0.4, -0.2) is 16.1 Å². The van der Waals surface area contributed by atoms with Crippen LogP contribution in [0.15, 0.2) is 28.9 Å². The van der Waals surface area contributed by atoms with E-state index in [0.717, 1.165) is 6.26 Å². The third-order valence-corrected chi connectivity index (χ3v) is 2.14. The summed E-state index contributed by atoms with van der Waals surface area (Å²) in [4.78, 5) is 14.3. The van der Waals surface area contributed by atoms with E-state index >= 15 is 0 Å². The van der Waals surface area contributed by atoms with Gasteiger partial charge in [-0.15, -0.1) is 0 Å². The van der Waals surface area contributed by atoms with Crippen LogP contribution >= 0.6 is 0 Å². The highest BCUT2D eigenvalue weighted by Crippen LogP contribution is 2.21. The Labute approximate surface area is 90.4 Å². The van der Waals surface area contributed by atoms with Crippen LogP contribution in [0.1, 0.15) is 16.1 Å². The van der Waals surface area contributed by atoms with Gasteiger partial charge in [-0.05, 0) is 24.6 Å². The highest BCUT2D eigenvalue weighted by Gasteiger charge is 2.12. The van der Waals surface area contributed by atoms with E-state index in [9.17, 15) is 9.18 Å². The fourth-order valence-electron chi connectivity index (χ4n) is 1.23. The van der Waals surface area contributed by atoms with E-state index in [1.165, 1.54) is 6.07 Å². The van der Waals surface area contributed by atoms with E-state index in [2.05, 4.69) is 4.98 Å². The van der Waals surface area contributed by atoms with E-state index in [-0.39, 0.29) is 17.4 Å². The molecule has 0 bridgehead atoms. The topological polar surface area (TPSA) is 63.3 Å². The Bertz CT molecular complexity index is 548. The minimum Gasteiger partial charge on any atom is -0.476 e. The van der Waals surface area contributed by atoms with Crippen LogP contribution in [-0.2, 0) is 0 Å². The number of oxazole rings is 1. The SMILES string of the molecule is Cc1ccc(-c2nc(C(=O)O)co2)cc1F. The molecule has 82 valence electrons. The molecule has 2 rings (SSSR count). The van der Waals surface area contributed by atoms with Crippen LogP contribution in [0, 0.1) is 12.7 Å². The molecule has 1 aromatic heterocycles. The normalized spacial score (nSPS) is 10.4. The predicted octanol–water partition coefficient (Wildman–Crippen LogP) is 2.49. The van der Waals surface area contributed by atoms with Gasteiger partial charge >= 0.3 is 5.97 Å². The van der Waals surface area contributed by atoms with Gasteiger partial charge < -0.3 is 9.52 Å². The monoisotopic (exact) mass is 221 g/mol. The molecule has 1 N–H and O–H groups in total. The minimum atomic E-state index is -1.18. The third-order valence-electron chi connectivity index (χ3n) is 2.14. The number of carboxylic acids is 1. The maximum absolute atomic E-state index is 13.2. The maximum Gasteiger partial charge on any atom is 0.357 e. The summed E-state index contributed by atoms with van der Waals surface area (Å²) < 4.78 is 18.2. The average molecular weight is 221 g/mol. The lowest BCUT2D eigenvalue weighted by Gasteiger charge is -1.98. The predicted molar refractivity (Wildman–Crippen MR) is 53.6 cm³/mol. The summed E-state index contributed by atoms with van der Waals surface area (Å²) in [5.74, 6) is -1.47. The fraction of sp³-hybridized carbons (Fsp3) is 0.0909. The number of hydrogen-bond donors (Lipinski definition) is 1. The molecule has 4 nitrogen and oxygen atoms in total. The van der Waals surface area contributed by atoms with Crippen molar-refractivity contribution in [2.24, 2.45) is 0 Å². The summed E-state index contributed by atoms with van der Waals surface area (Å²) in [7, 11) is 0. The molecule has 0 atom stereocenters. The first-order valence-corrected chi connectivity index (χ1v) is 4.53. The standard InChI is InChI=1S/C11H8FNO3/c1-6-2-3-7(4-8(6)12)10-13-9(5-16-10)11(14)15/h2-5H,1H3,(H,14,15). The number of aromatic nitrogens is 1. The van der Waals surface area contributed by atoms with Gasteiger partial charge in [-0.3, -0.25) is 0 Å². The molecule has 0 amide bonds. The third kappa shape index (κ3) is 1.79. The van der Waals surface area contributed by atoms with Crippen molar-refractivity contribution < 1.29 is 18.7 Å². The lowest BCUT2D eigenvalue weighted by Crippen LogP contribution is -1.95. The molecule has 1 heterocycles. The van der Waals surface area contributed by atoms with Crippen molar-refractivity contribution >= 4 is 5.97 Å². The van der Waals surface area contributed by atoms with Crippen LogP contribution in [0.5, 0.6) is 0 Å². The van der Waals surface area contributed by atoms with Crippen molar-refractivity contribution in [3.05, 3.63) is 41.5 Å². The lowest BCUT2D eigenvalue weighted by atomic mass is 10.1. The Morgan fingerprint density at radius 1 is 1.50 bits per heavy atom. The molecule has 0 saturated heterocycles. The Kier molecular flexibility index (Phi) is 2.44. The second-order valence-electron chi connectivity index (χ2n) is 3.31. The average Bonchev–Trinajstić information content (AvgIpc) is 2.71. The number of aryl methyl sites for hydroxylation is 1. The second kappa shape index (κ2) is 3.77. The van der Waals surface area contributed by atoms with Gasteiger partial charge in [0, 0.05) is 5.56 Å². The maximum atomic E-state index is 13.2. The molecule has 1 aromatic carbocycles. The Morgan fingerprint density at radius 2 is 2.25 bits per heavy atom. The minimum absolute atomic E-state index is 0.0938. The number of halogens is 1. The van der Waals surface area contributed by atoms with Gasteiger partial charge in [0.25, 0.3) is 0 Å².